The standard InChI is InChI=1S/C22H25N7O3S/c1-14(2)22-24-21(12-28(22)5)33(30,31)27-17-6-8-18(9-7-17)32-20-11-10-19(25-26-20)29-13-23-15(3)16(29)4/h6-14,27H,1-5H3. The number of sulfonamides is 1. The first kappa shape index (κ1) is 22.5. The van der Waals surface area contributed by atoms with E-state index in [9.17, 15) is 8.42 Å². The third kappa shape index (κ3) is 4.72. The molecule has 0 amide bonds. The molecular weight excluding hydrogens is 442 g/mol. The van der Waals surface area contributed by atoms with Gasteiger partial charge in [0.15, 0.2) is 10.8 Å². The summed E-state index contributed by atoms with van der Waals surface area (Å²) in [6.07, 6.45) is 3.20. The van der Waals surface area contributed by atoms with E-state index in [0.717, 1.165) is 11.4 Å². The summed E-state index contributed by atoms with van der Waals surface area (Å²) in [5.41, 5.74) is 2.31. The van der Waals surface area contributed by atoms with Gasteiger partial charge in [0.05, 0.1) is 5.69 Å². The highest BCUT2D eigenvalue weighted by atomic mass is 32.2. The number of nitrogens with zero attached hydrogens (tertiary/aromatic N) is 6. The molecule has 0 unspecified atom stereocenters. The van der Waals surface area contributed by atoms with E-state index in [2.05, 4.69) is 24.9 Å². The molecule has 0 spiro atoms. The predicted molar refractivity (Wildman–Crippen MR) is 123 cm³/mol. The monoisotopic (exact) mass is 467 g/mol. The van der Waals surface area contributed by atoms with Crippen LogP contribution < -0.4 is 9.46 Å². The Morgan fingerprint density at radius 2 is 1.76 bits per heavy atom. The maximum Gasteiger partial charge on any atom is 0.280 e. The van der Waals surface area contributed by atoms with Crippen molar-refractivity contribution in [2.75, 3.05) is 4.72 Å². The van der Waals surface area contributed by atoms with Gasteiger partial charge in [-0.05, 0) is 44.2 Å². The highest BCUT2D eigenvalue weighted by Gasteiger charge is 2.21. The number of nitrogens with one attached hydrogen (secondary N) is 1. The number of aryl methyl sites for hydroxylation is 2. The van der Waals surface area contributed by atoms with Crippen LogP contribution in [0, 0.1) is 13.8 Å². The number of benzene rings is 1. The Hall–Kier alpha value is -3.73. The molecule has 0 atom stereocenters. The van der Waals surface area contributed by atoms with Crippen molar-refractivity contribution in [1.82, 2.24) is 29.3 Å². The van der Waals surface area contributed by atoms with Crippen molar-refractivity contribution < 1.29 is 13.2 Å². The highest BCUT2D eigenvalue weighted by molar-refractivity contribution is 7.92. The number of anilines is 1. The first-order valence-corrected chi connectivity index (χ1v) is 11.8. The fourth-order valence-corrected chi connectivity index (χ4v) is 4.32. The zero-order chi connectivity index (χ0) is 23.8. The molecule has 3 heterocycles. The second-order valence-electron chi connectivity index (χ2n) is 7.95. The molecule has 1 aromatic carbocycles. The lowest BCUT2D eigenvalue weighted by atomic mass is 10.2. The van der Waals surface area contributed by atoms with Crippen LogP contribution in [-0.2, 0) is 17.1 Å². The van der Waals surface area contributed by atoms with Gasteiger partial charge < -0.3 is 9.30 Å². The first-order valence-electron chi connectivity index (χ1n) is 10.3. The third-order valence-electron chi connectivity index (χ3n) is 5.14. The van der Waals surface area contributed by atoms with E-state index in [1.54, 1.807) is 54.3 Å². The summed E-state index contributed by atoms with van der Waals surface area (Å²) in [5, 5.41) is 8.27. The van der Waals surface area contributed by atoms with Gasteiger partial charge in [0, 0.05) is 36.6 Å². The minimum atomic E-state index is -3.81. The molecule has 3 aromatic heterocycles. The quantitative estimate of drug-likeness (QED) is 0.440. The van der Waals surface area contributed by atoms with Gasteiger partial charge in [-0.2, -0.15) is 8.42 Å². The Balaban J connectivity index is 1.44. The zero-order valence-electron chi connectivity index (χ0n) is 19.0. The van der Waals surface area contributed by atoms with Gasteiger partial charge in [-0.1, -0.05) is 13.8 Å². The predicted octanol–water partition coefficient (Wildman–Crippen LogP) is 3.73. The molecule has 4 aromatic rings. The number of hydrogen-bond acceptors (Lipinski definition) is 7. The Kier molecular flexibility index (Phi) is 5.90. The van der Waals surface area contributed by atoms with Gasteiger partial charge in [-0.15, -0.1) is 10.2 Å². The number of hydrogen-bond donors (Lipinski definition) is 1. The molecule has 0 aliphatic rings. The second-order valence-corrected chi connectivity index (χ2v) is 9.58. The molecule has 33 heavy (non-hydrogen) atoms. The van der Waals surface area contributed by atoms with Gasteiger partial charge in [0.25, 0.3) is 10.0 Å². The molecule has 0 aliphatic carbocycles. The summed E-state index contributed by atoms with van der Waals surface area (Å²) in [7, 11) is -2.03. The number of aromatic nitrogens is 6. The lowest BCUT2D eigenvalue weighted by Crippen LogP contribution is -2.13. The van der Waals surface area contributed by atoms with E-state index in [4.69, 9.17) is 4.74 Å². The van der Waals surface area contributed by atoms with Crippen molar-refractivity contribution in [3.05, 3.63) is 66.1 Å². The van der Waals surface area contributed by atoms with Crippen molar-refractivity contribution in [3.63, 3.8) is 0 Å². The summed E-state index contributed by atoms with van der Waals surface area (Å²) in [4.78, 5) is 8.51. The van der Waals surface area contributed by atoms with Gasteiger partial charge in [-0.25, -0.2) is 9.97 Å². The maximum atomic E-state index is 12.7. The fourth-order valence-electron chi connectivity index (χ4n) is 3.26. The average molecular weight is 468 g/mol. The van der Waals surface area contributed by atoms with Crippen molar-refractivity contribution in [1.29, 1.82) is 0 Å². The molecule has 0 aliphatic heterocycles. The van der Waals surface area contributed by atoms with Crippen LogP contribution in [0.15, 0.2) is 53.9 Å². The van der Waals surface area contributed by atoms with Crippen LogP contribution in [0.1, 0.15) is 37.0 Å². The average Bonchev–Trinajstić information content (AvgIpc) is 3.33. The summed E-state index contributed by atoms with van der Waals surface area (Å²) in [5.74, 6) is 2.26. The van der Waals surface area contributed by atoms with Gasteiger partial charge in [-0.3, -0.25) is 9.29 Å². The molecule has 0 radical (unpaired) electrons. The molecule has 10 nitrogen and oxygen atoms in total. The molecule has 0 fully saturated rings. The Labute approximate surface area is 192 Å². The van der Waals surface area contributed by atoms with Crippen molar-refractivity contribution in [3.8, 4) is 17.4 Å². The molecule has 11 heteroatoms. The summed E-state index contributed by atoms with van der Waals surface area (Å²) >= 11 is 0. The number of imidazole rings is 2. The van der Waals surface area contributed by atoms with Crippen molar-refractivity contribution >= 4 is 15.7 Å². The molecular formula is C22H25N7O3S. The molecule has 0 saturated heterocycles. The smallest absolute Gasteiger partial charge is 0.280 e. The van der Waals surface area contributed by atoms with Crippen LogP contribution in [0.3, 0.4) is 0 Å². The van der Waals surface area contributed by atoms with E-state index in [1.165, 1.54) is 6.20 Å². The van der Waals surface area contributed by atoms with E-state index in [-0.39, 0.29) is 10.9 Å². The summed E-state index contributed by atoms with van der Waals surface area (Å²) in [6, 6.07) is 10.0. The molecule has 0 bridgehead atoms. The summed E-state index contributed by atoms with van der Waals surface area (Å²) < 4.78 is 37.2. The van der Waals surface area contributed by atoms with Gasteiger partial charge in [0.2, 0.25) is 5.88 Å². The summed E-state index contributed by atoms with van der Waals surface area (Å²) in [6.45, 7) is 7.81. The van der Waals surface area contributed by atoms with Gasteiger partial charge >= 0.3 is 0 Å². The molecule has 1 N–H and O–H groups in total. The van der Waals surface area contributed by atoms with E-state index in [0.29, 0.717) is 29.0 Å². The largest absolute Gasteiger partial charge is 0.438 e. The highest BCUT2D eigenvalue weighted by Crippen LogP contribution is 2.24. The second kappa shape index (κ2) is 8.66. The molecule has 0 saturated carbocycles. The van der Waals surface area contributed by atoms with Crippen molar-refractivity contribution in [2.45, 2.75) is 38.6 Å². The Bertz CT molecular complexity index is 1370. The minimum Gasteiger partial charge on any atom is -0.438 e. The lowest BCUT2D eigenvalue weighted by molar-refractivity contribution is 0.454. The van der Waals surface area contributed by atoms with Crippen LogP contribution in [0.5, 0.6) is 11.6 Å². The van der Waals surface area contributed by atoms with Crippen LogP contribution in [-0.4, -0.2) is 37.7 Å². The zero-order valence-corrected chi connectivity index (χ0v) is 19.8. The minimum absolute atomic E-state index is 0.0206. The normalized spacial score (nSPS) is 11.7. The molecule has 172 valence electrons. The Morgan fingerprint density at radius 1 is 1.03 bits per heavy atom. The Morgan fingerprint density at radius 3 is 2.30 bits per heavy atom. The van der Waals surface area contributed by atoms with E-state index >= 15 is 0 Å². The number of ether oxygens (including phenoxy) is 1. The van der Waals surface area contributed by atoms with Gasteiger partial charge in [0.1, 0.15) is 17.9 Å². The molecule has 4 rings (SSSR count). The SMILES string of the molecule is Cc1ncn(-c2ccc(Oc3ccc(NS(=O)(=O)c4cn(C)c(C(C)C)n4)cc3)nn2)c1C. The topological polar surface area (TPSA) is 117 Å². The van der Waals surface area contributed by atoms with Crippen LogP contribution in [0.4, 0.5) is 5.69 Å². The van der Waals surface area contributed by atoms with Crippen molar-refractivity contribution in [2.24, 2.45) is 7.05 Å². The van der Waals surface area contributed by atoms with Crippen LogP contribution >= 0.6 is 0 Å². The van der Waals surface area contributed by atoms with Crippen LogP contribution in [0.2, 0.25) is 0 Å². The number of rotatable bonds is 7. The lowest BCUT2D eigenvalue weighted by Gasteiger charge is -2.08. The van der Waals surface area contributed by atoms with E-state index in [1.807, 2.05) is 32.3 Å². The maximum absolute atomic E-state index is 12.7. The third-order valence-corrected chi connectivity index (χ3v) is 6.39. The van der Waals surface area contributed by atoms with E-state index < -0.39 is 10.0 Å². The first-order chi connectivity index (χ1) is 15.6. The fraction of sp³-hybridized carbons (Fsp3) is 0.273. The van der Waals surface area contributed by atoms with Crippen LogP contribution in [0.25, 0.3) is 5.82 Å².